The van der Waals surface area contributed by atoms with E-state index >= 15 is 0 Å². The minimum absolute atomic E-state index is 0.0824. The van der Waals surface area contributed by atoms with Crippen LogP contribution in [0, 0.1) is 0 Å². The standard InChI is InChI=1S/C25H32N2O5/c1-25(2,3)32-24(30)27-13-12-20(16-27)26(4)23(29)15-19-14-21(28)10-11-22(19)31-17-18-8-6-5-7-9-18/h5-11,14,20,28H,12-13,15-17H2,1-4H3. The summed E-state index contributed by atoms with van der Waals surface area (Å²) in [6.45, 7) is 6.86. The Morgan fingerprint density at radius 2 is 1.88 bits per heavy atom. The Bertz CT molecular complexity index is 939. The summed E-state index contributed by atoms with van der Waals surface area (Å²) in [7, 11) is 1.75. The van der Waals surface area contributed by atoms with Crippen molar-refractivity contribution >= 4 is 12.0 Å². The van der Waals surface area contributed by atoms with Crippen molar-refractivity contribution in [2.45, 2.75) is 51.9 Å². The number of benzene rings is 2. The van der Waals surface area contributed by atoms with Crippen molar-refractivity contribution in [3.63, 3.8) is 0 Å². The molecule has 1 fully saturated rings. The third kappa shape index (κ3) is 6.39. The summed E-state index contributed by atoms with van der Waals surface area (Å²) in [5.74, 6) is 0.547. The van der Waals surface area contributed by atoms with Gasteiger partial charge >= 0.3 is 6.09 Å². The Morgan fingerprint density at radius 1 is 1.16 bits per heavy atom. The summed E-state index contributed by atoms with van der Waals surface area (Å²) in [5.41, 5.74) is 1.09. The molecule has 1 aliphatic rings. The van der Waals surface area contributed by atoms with E-state index in [1.165, 1.54) is 0 Å². The molecule has 0 aromatic heterocycles. The van der Waals surface area contributed by atoms with Crippen molar-refractivity contribution in [3.05, 3.63) is 59.7 Å². The maximum absolute atomic E-state index is 13.0. The highest BCUT2D eigenvalue weighted by Crippen LogP contribution is 2.26. The van der Waals surface area contributed by atoms with Crippen LogP contribution in [-0.2, 0) is 22.6 Å². The topological polar surface area (TPSA) is 79.3 Å². The van der Waals surface area contributed by atoms with Crippen molar-refractivity contribution in [3.8, 4) is 11.5 Å². The van der Waals surface area contributed by atoms with Crippen molar-refractivity contribution in [1.29, 1.82) is 0 Å². The molecule has 0 bridgehead atoms. The smallest absolute Gasteiger partial charge is 0.410 e. The third-order valence-corrected chi connectivity index (χ3v) is 5.38. The van der Waals surface area contributed by atoms with E-state index in [0.29, 0.717) is 37.4 Å². The Morgan fingerprint density at radius 3 is 2.56 bits per heavy atom. The summed E-state index contributed by atoms with van der Waals surface area (Å²) in [5, 5.41) is 9.94. The van der Waals surface area contributed by atoms with Crippen molar-refractivity contribution in [2.24, 2.45) is 0 Å². The first-order valence-corrected chi connectivity index (χ1v) is 10.8. The van der Waals surface area contributed by atoms with E-state index in [1.807, 2.05) is 51.1 Å². The zero-order chi connectivity index (χ0) is 23.3. The number of carbonyl (C=O) groups is 2. The number of hydrogen-bond acceptors (Lipinski definition) is 5. The highest BCUT2D eigenvalue weighted by molar-refractivity contribution is 5.80. The average molecular weight is 441 g/mol. The molecule has 0 spiro atoms. The van der Waals surface area contributed by atoms with Gasteiger partial charge in [0.05, 0.1) is 12.5 Å². The number of phenols is 1. The van der Waals surface area contributed by atoms with Gasteiger partial charge in [-0.1, -0.05) is 30.3 Å². The van der Waals surface area contributed by atoms with Gasteiger partial charge in [0.1, 0.15) is 23.7 Å². The zero-order valence-electron chi connectivity index (χ0n) is 19.2. The highest BCUT2D eigenvalue weighted by atomic mass is 16.6. The maximum atomic E-state index is 13.0. The molecule has 0 radical (unpaired) electrons. The van der Waals surface area contributed by atoms with E-state index in [9.17, 15) is 14.7 Å². The number of phenolic OH excluding ortho intramolecular Hbond substituents is 1. The van der Waals surface area contributed by atoms with E-state index in [2.05, 4.69) is 0 Å². The fourth-order valence-electron chi connectivity index (χ4n) is 3.62. The summed E-state index contributed by atoms with van der Waals surface area (Å²) in [6, 6.07) is 14.5. The van der Waals surface area contributed by atoms with Gasteiger partial charge in [-0.05, 0) is 51.0 Å². The monoisotopic (exact) mass is 440 g/mol. The molecule has 0 aliphatic carbocycles. The number of ether oxygens (including phenoxy) is 2. The van der Waals surface area contributed by atoms with Crippen LogP contribution in [0.3, 0.4) is 0 Å². The molecule has 1 aliphatic heterocycles. The minimum Gasteiger partial charge on any atom is -0.508 e. The number of carbonyl (C=O) groups excluding carboxylic acids is 2. The lowest BCUT2D eigenvalue weighted by molar-refractivity contribution is -0.131. The Labute approximate surface area is 189 Å². The van der Waals surface area contributed by atoms with E-state index in [0.717, 1.165) is 5.56 Å². The van der Waals surface area contributed by atoms with E-state index in [1.54, 1.807) is 35.0 Å². The zero-order valence-corrected chi connectivity index (χ0v) is 19.2. The van der Waals surface area contributed by atoms with Gasteiger partial charge in [0.15, 0.2) is 0 Å². The molecule has 172 valence electrons. The number of likely N-dealkylation sites (tertiary alicyclic amines) is 1. The minimum atomic E-state index is -0.553. The second-order valence-corrected chi connectivity index (χ2v) is 9.12. The Balaban J connectivity index is 1.61. The molecular weight excluding hydrogens is 408 g/mol. The molecule has 1 saturated heterocycles. The fraction of sp³-hybridized carbons (Fsp3) is 0.440. The van der Waals surface area contributed by atoms with Crippen LogP contribution in [0.1, 0.15) is 38.3 Å². The predicted octanol–water partition coefficient (Wildman–Crippen LogP) is 3.98. The molecule has 1 N–H and O–H groups in total. The van der Waals surface area contributed by atoms with Crippen LogP contribution in [0.25, 0.3) is 0 Å². The van der Waals surface area contributed by atoms with Gasteiger partial charge in [0.25, 0.3) is 0 Å². The van der Waals surface area contributed by atoms with Crippen LogP contribution >= 0.6 is 0 Å². The van der Waals surface area contributed by atoms with Crippen LogP contribution in [-0.4, -0.2) is 58.7 Å². The maximum Gasteiger partial charge on any atom is 0.410 e. The molecule has 1 unspecified atom stereocenters. The second kappa shape index (κ2) is 9.94. The average Bonchev–Trinajstić information content (AvgIpc) is 3.22. The molecular formula is C25H32N2O5. The van der Waals surface area contributed by atoms with Crippen LogP contribution in [0.4, 0.5) is 4.79 Å². The van der Waals surface area contributed by atoms with E-state index in [4.69, 9.17) is 9.47 Å². The second-order valence-electron chi connectivity index (χ2n) is 9.12. The Kier molecular flexibility index (Phi) is 7.28. The van der Waals surface area contributed by atoms with Gasteiger partial charge in [-0.25, -0.2) is 4.79 Å². The highest BCUT2D eigenvalue weighted by Gasteiger charge is 2.33. The molecule has 3 rings (SSSR count). The lowest BCUT2D eigenvalue weighted by Crippen LogP contribution is -2.41. The molecule has 2 amide bonds. The van der Waals surface area contributed by atoms with Crippen LogP contribution in [0.5, 0.6) is 11.5 Å². The summed E-state index contributed by atoms with van der Waals surface area (Å²) >= 11 is 0. The van der Waals surface area contributed by atoms with Gasteiger partial charge in [0, 0.05) is 25.7 Å². The van der Waals surface area contributed by atoms with Gasteiger partial charge < -0.3 is 24.4 Å². The van der Waals surface area contributed by atoms with Gasteiger partial charge in [-0.3, -0.25) is 4.79 Å². The fourth-order valence-corrected chi connectivity index (χ4v) is 3.62. The molecule has 1 atom stereocenters. The van der Waals surface area contributed by atoms with Crippen molar-refractivity contribution in [2.75, 3.05) is 20.1 Å². The third-order valence-electron chi connectivity index (χ3n) is 5.38. The predicted molar refractivity (Wildman–Crippen MR) is 122 cm³/mol. The number of likely N-dealkylation sites (N-methyl/N-ethyl adjacent to an activating group) is 1. The number of nitrogens with zero attached hydrogens (tertiary/aromatic N) is 2. The SMILES string of the molecule is CN(C(=O)Cc1cc(O)ccc1OCc1ccccc1)C1CCN(C(=O)OC(C)(C)C)C1. The first-order valence-electron chi connectivity index (χ1n) is 10.8. The van der Waals surface area contributed by atoms with Crippen LogP contribution in [0.15, 0.2) is 48.5 Å². The lowest BCUT2D eigenvalue weighted by Gasteiger charge is -2.27. The van der Waals surface area contributed by atoms with Gasteiger partial charge in [-0.15, -0.1) is 0 Å². The number of amides is 2. The Hall–Kier alpha value is -3.22. The number of aromatic hydroxyl groups is 1. The molecule has 32 heavy (non-hydrogen) atoms. The van der Waals surface area contributed by atoms with Crippen LogP contribution in [0.2, 0.25) is 0 Å². The number of rotatable bonds is 6. The first kappa shape index (κ1) is 23.4. The normalized spacial score (nSPS) is 16.0. The number of hydrogen-bond donors (Lipinski definition) is 1. The first-order chi connectivity index (χ1) is 15.1. The summed E-state index contributed by atoms with van der Waals surface area (Å²) in [6.07, 6.45) is 0.432. The molecule has 2 aromatic rings. The molecule has 2 aromatic carbocycles. The van der Waals surface area contributed by atoms with E-state index in [-0.39, 0.29) is 30.2 Å². The van der Waals surface area contributed by atoms with Crippen LogP contribution < -0.4 is 4.74 Å². The van der Waals surface area contributed by atoms with Crippen molar-refractivity contribution < 1.29 is 24.2 Å². The van der Waals surface area contributed by atoms with E-state index < -0.39 is 5.60 Å². The van der Waals surface area contributed by atoms with Gasteiger partial charge in [0.2, 0.25) is 5.91 Å². The molecule has 1 heterocycles. The molecule has 7 heteroatoms. The quantitative estimate of drug-likeness (QED) is 0.735. The molecule has 0 saturated carbocycles. The largest absolute Gasteiger partial charge is 0.508 e. The summed E-state index contributed by atoms with van der Waals surface area (Å²) in [4.78, 5) is 28.6. The summed E-state index contributed by atoms with van der Waals surface area (Å²) < 4.78 is 11.4. The van der Waals surface area contributed by atoms with Gasteiger partial charge in [-0.2, -0.15) is 0 Å². The van der Waals surface area contributed by atoms with Crippen molar-refractivity contribution in [1.82, 2.24) is 9.80 Å². The lowest BCUT2D eigenvalue weighted by atomic mass is 10.1. The molecule has 7 nitrogen and oxygen atoms in total.